The number of hydrogen-bond acceptors (Lipinski definition) is 7. The van der Waals surface area contributed by atoms with E-state index >= 15 is 0 Å². The van der Waals surface area contributed by atoms with Gasteiger partial charge in [0.15, 0.2) is 16.6 Å². The van der Waals surface area contributed by atoms with Gasteiger partial charge in [0.1, 0.15) is 5.82 Å². The number of rotatable bonds is 6. The molecule has 4 aromatic rings. The lowest BCUT2D eigenvalue weighted by Crippen LogP contribution is -1.99. The Balaban J connectivity index is 1.55. The number of hydrogen-bond donors (Lipinski definition) is 1. The molecule has 0 aliphatic rings. The van der Waals surface area contributed by atoms with Crippen LogP contribution in [0.1, 0.15) is 12.7 Å². The van der Waals surface area contributed by atoms with Crippen LogP contribution in [0.2, 0.25) is 0 Å². The van der Waals surface area contributed by atoms with Crippen molar-refractivity contribution in [3.63, 3.8) is 0 Å². The van der Waals surface area contributed by atoms with Crippen LogP contribution in [0.3, 0.4) is 0 Å². The number of thiophene rings is 1. The van der Waals surface area contributed by atoms with E-state index in [1.54, 1.807) is 30.2 Å². The predicted molar refractivity (Wildman–Crippen MR) is 99.0 cm³/mol. The zero-order valence-electron chi connectivity index (χ0n) is 13.8. The van der Waals surface area contributed by atoms with Gasteiger partial charge in [0.25, 0.3) is 0 Å². The van der Waals surface area contributed by atoms with Crippen LogP contribution in [-0.2, 0) is 12.3 Å². The number of methoxy groups -OCH3 is 1. The number of pyridine rings is 1. The van der Waals surface area contributed by atoms with Gasteiger partial charge in [-0.3, -0.25) is 0 Å². The van der Waals surface area contributed by atoms with Crippen LogP contribution in [0.15, 0.2) is 34.8 Å². The SMILES string of the molecule is CCn1c(SCc2nc3nc(OC)ccc3[nH]2)nnc1-c1cccs1. The van der Waals surface area contributed by atoms with Crippen LogP contribution in [-0.4, -0.2) is 36.8 Å². The summed E-state index contributed by atoms with van der Waals surface area (Å²) in [6.07, 6.45) is 0. The number of imidazole rings is 1. The molecule has 0 aromatic carbocycles. The van der Waals surface area contributed by atoms with E-state index in [1.165, 1.54) is 0 Å². The molecule has 4 aromatic heterocycles. The Labute approximate surface area is 152 Å². The number of nitrogens with one attached hydrogen (secondary N) is 1. The van der Waals surface area contributed by atoms with E-state index in [0.717, 1.165) is 33.7 Å². The van der Waals surface area contributed by atoms with E-state index in [4.69, 9.17) is 4.74 Å². The molecule has 0 aliphatic carbocycles. The molecule has 0 amide bonds. The molecular formula is C16H16N6OS2. The van der Waals surface area contributed by atoms with E-state index in [-0.39, 0.29) is 0 Å². The minimum absolute atomic E-state index is 0.560. The minimum atomic E-state index is 0.560. The van der Waals surface area contributed by atoms with Crippen LogP contribution < -0.4 is 4.74 Å². The van der Waals surface area contributed by atoms with Crippen LogP contribution in [0.4, 0.5) is 0 Å². The molecule has 0 unspecified atom stereocenters. The fourth-order valence-electron chi connectivity index (χ4n) is 2.51. The van der Waals surface area contributed by atoms with Crippen molar-refractivity contribution in [1.29, 1.82) is 0 Å². The van der Waals surface area contributed by atoms with Gasteiger partial charge in [-0.15, -0.1) is 21.5 Å². The standard InChI is InChI=1S/C16H16N6OS2/c1-3-22-15(11-5-4-8-24-11)20-21-16(22)25-9-12-17-10-6-7-13(23-2)19-14(10)18-12/h4-8H,3,9H2,1-2H3,(H,17,18,19). The van der Waals surface area contributed by atoms with E-state index in [1.807, 2.05) is 23.6 Å². The van der Waals surface area contributed by atoms with Gasteiger partial charge in [0.2, 0.25) is 5.88 Å². The summed E-state index contributed by atoms with van der Waals surface area (Å²) in [5.41, 5.74) is 1.55. The van der Waals surface area contributed by atoms with Crippen molar-refractivity contribution < 1.29 is 4.74 Å². The van der Waals surface area contributed by atoms with E-state index in [2.05, 4.69) is 42.7 Å². The maximum Gasteiger partial charge on any atom is 0.215 e. The molecule has 4 heterocycles. The average Bonchev–Trinajstić information content (AvgIpc) is 3.36. The molecule has 128 valence electrons. The Hall–Kier alpha value is -2.39. The predicted octanol–water partition coefficient (Wildman–Crippen LogP) is 3.60. The first kappa shape index (κ1) is 16.1. The third kappa shape index (κ3) is 3.12. The van der Waals surface area contributed by atoms with E-state index < -0.39 is 0 Å². The maximum atomic E-state index is 5.14. The summed E-state index contributed by atoms with van der Waals surface area (Å²) in [4.78, 5) is 13.3. The van der Waals surface area contributed by atoms with E-state index in [0.29, 0.717) is 17.3 Å². The molecule has 0 radical (unpaired) electrons. The largest absolute Gasteiger partial charge is 0.481 e. The molecule has 0 aliphatic heterocycles. The smallest absolute Gasteiger partial charge is 0.215 e. The lowest BCUT2D eigenvalue weighted by molar-refractivity contribution is 0.399. The third-order valence-electron chi connectivity index (χ3n) is 3.69. The summed E-state index contributed by atoms with van der Waals surface area (Å²) < 4.78 is 7.26. The van der Waals surface area contributed by atoms with Gasteiger partial charge in [-0.2, -0.15) is 4.98 Å². The van der Waals surface area contributed by atoms with Gasteiger partial charge in [0, 0.05) is 12.6 Å². The first-order valence-electron chi connectivity index (χ1n) is 7.78. The topological polar surface area (TPSA) is 81.5 Å². The van der Waals surface area contributed by atoms with Crippen molar-refractivity contribution in [2.75, 3.05) is 7.11 Å². The van der Waals surface area contributed by atoms with Crippen molar-refractivity contribution >= 4 is 34.3 Å². The Morgan fingerprint density at radius 2 is 2.16 bits per heavy atom. The third-order valence-corrected chi connectivity index (χ3v) is 5.53. The van der Waals surface area contributed by atoms with E-state index in [9.17, 15) is 0 Å². The molecule has 0 saturated carbocycles. The molecule has 0 saturated heterocycles. The second-order valence-corrected chi connectivity index (χ2v) is 7.11. The van der Waals surface area contributed by atoms with Crippen LogP contribution in [0, 0.1) is 0 Å². The van der Waals surface area contributed by atoms with Gasteiger partial charge in [-0.1, -0.05) is 17.8 Å². The molecule has 1 N–H and O–H groups in total. The van der Waals surface area contributed by atoms with Crippen molar-refractivity contribution in [2.45, 2.75) is 24.4 Å². The summed E-state index contributed by atoms with van der Waals surface area (Å²) in [7, 11) is 1.60. The Bertz CT molecular complexity index is 992. The molecule has 9 heteroatoms. The van der Waals surface area contributed by atoms with Gasteiger partial charge >= 0.3 is 0 Å². The highest BCUT2D eigenvalue weighted by atomic mass is 32.2. The highest BCUT2D eigenvalue weighted by Crippen LogP contribution is 2.28. The normalized spacial score (nSPS) is 11.3. The lowest BCUT2D eigenvalue weighted by Gasteiger charge is -2.05. The fourth-order valence-corrected chi connectivity index (χ4v) is 4.10. The van der Waals surface area contributed by atoms with Gasteiger partial charge in [-0.25, -0.2) is 4.98 Å². The summed E-state index contributed by atoms with van der Waals surface area (Å²) in [6.45, 7) is 2.92. The summed E-state index contributed by atoms with van der Waals surface area (Å²) in [5, 5.41) is 11.6. The molecule has 0 fully saturated rings. The highest BCUT2D eigenvalue weighted by Gasteiger charge is 2.15. The first-order chi connectivity index (χ1) is 12.3. The summed E-state index contributed by atoms with van der Waals surface area (Å²) in [5.74, 6) is 2.99. The van der Waals surface area contributed by atoms with Gasteiger partial charge in [0.05, 0.1) is 23.3 Å². The van der Waals surface area contributed by atoms with Crippen molar-refractivity contribution in [3.05, 3.63) is 35.5 Å². The number of nitrogens with zero attached hydrogens (tertiary/aromatic N) is 5. The molecule has 0 atom stereocenters. The average molecular weight is 372 g/mol. The fraction of sp³-hybridized carbons (Fsp3) is 0.250. The molecule has 7 nitrogen and oxygen atoms in total. The molecule has 0 spiro atoms. The number of thioether (sulfide) groups is 1. The summed E-state index contributed by atoms with van der Waals surface area (Å²) in [6, 6.07) is 7.83. The quantitative estimate of drug-likeness (QED) is 0.521. The maximum absolute atomic E-state index is 5.14. The zero-order chi connectivity index (χ0) is 17.2. The molecule has 4 rings (SSSR count). The second kappa shape index (κ2) is 6.85. The number of ether oxygens (including phenoxy) is 1. The number of H-pyrrole nitrogens is 1. The Morgan fingerprint density at radius 3 is 2.92 bits per heavy atom. The minimum Gasteiger partial charge on any atom is -0.481 e. The van der Waals surface area contributed by atoms with Gasteiger partial charge in [-0.05, 0) is 24.4 Å². The molecular weight excluding hydrogens is 356 g/mol. The molecule has 25 heavy (non-hydrogen) atoms. The van der Waals surface area contributed by atoms with Crippen LogP contribution >= 0.6 is 23.1 Å². The van der Waals surface area contributed by atoms with Crippen LogP contribution in [0.5, 0.6) is 5.88 Å². The monoisotopic (exact) mass is 372 g/mol. The Morgan fingerprint density at radius 1 is 1.24 bits per heavy atom. The highest BCUT2D eigenvalue weighted by molar-refractivity contribution is 7.98. The van der Waals surface area contributed by atoms with Crippen LogP contribution in [0.25, 0.3) is 21.9 Å². The van der Waals surface area contributed by atoms with Crippen molar-refractivity contribution in [1.82, 2.24) is 29.7 Å². The summed E-state index contributed by atoms with van der Waals surface area (Å²) >= 11 is 3.28. The number of aromatic nitrogens is 6. The lowest BCUT2D eigenvalue weighted by atomic mass is 10.4. The first-order valence-corrected chi connectivity index (χ1v) is 9.64. The second-order valence-electron chi connectivity index (χ2n) is 5.22. The molecule has 0 bridgehead atoms. The number of aromatic amines is 1. The number of fused-ring (bicyclic) bond motifs is 1. The van der Waals surface area contributed by atoms with Crippen molar-refractivity contribution in [3.8, 4) is 16.6 Å². The van der Waals surface area contributed by atoms with Crippen molar-refractivity contribution in [2.24, 2.45) is 0 Å². The van der Waals surface area contributed by atoms with Gasteiger partial charge < -0.3 is 14.3 Å². The zero-order valence-corrected chi connectivity index (χ0v) is 15.4. The Kier molecular flexibility index (Phi) is 4.41.